The Balaban J connectivity index is 1.66. The molecule has 1 aromatic carbocycles. The molecule has 3 rings (SSSR count). The molecule has 2 aromatic heterocycles. The summed E-state index contributed by atoms with van der Waals surface area (Å²) in [5.41, 5.74) is 1.94. The molecule has 3 aromatic rings. The van der Waals surface area contributed by atoms with E-state index in [9.17, 15) is 18.0 Å². The molecule has 0 saturated carbocycles. The van der Waals surface area contributed by atoms with Crippen LogP contribution in [-0.4, -0.2) is 58.7 Å². The van der Waals surface area contributed by atoms with Crippen molar-refractivity contribution in [3.05, 3.63) is 48.5 Å². The molecule has 2 amide bonds. The number of aromatic nitrogens is 3. The lowest BCUT2D eigenvalue weighted by molar-refractivity contribution is -0.124. The van der Waals surface area contributed by atoms with Gasteiger partial charge >= 0.3 is 0 Å². The van der Waals surface area contributed by atoms with Gasteiger partial charge < -0.3 is 15.2 Å². The van der Waals surface area contributed by atoms with Gasteiger partial charge in [0.05, 0.1) is 34.4 Å². The van der Waals surface area contributed by atoms with Gasteiger partial charge in [-0.05, 0) is 37.3 Å². The van der Waals surface area contributed by atoms with Crippen molar-refractivity contribution < 1.29 is 18.0 Å². The van der Waals surface area contributed by atoms with Crippen LogP contribution in [0.1, 0.15) is 33.0 Å². The lowest BCUT2D eigenvalue weighted by Gasteiger charge is -2.18. The number of nitrogens with zero attached hydrogens (tertiary/aromatic N) is 4. The molecule has 34 heavy (non-hydrogen) atoms. The predicted molar refractivity (Wildman–Crippen MR) is 130 cm³/mol. The number of sulfonamides is 1. The van der Waals surface area contributed by atoms with Gasteiger partial charge in [0.25, 0.3) is 0 Å². The number of hydrogen-bond donors (Lipinski definition) is 2. The number of nitrogens with one attached hydrogen (secondary N) is 2. The monoisotopic (exact) mass is 486 g/mol. The first-order chi connectivity index (χ1) is 16.3. The summed E-state index contributed by atoms with van der Waals surface area (Å²) >= 11 is 0. The summed E-state index contributed by atoms with van der Waals surface area (Å²) in [5.74, 6) is 0.0646. The molecule has 0 aliphatic rings. The van der Waals surface area contributed by atoms with Crippen LogP contribution in [-0.2, 0) is 32.6 Å². The molecule has 0 bridgehead atoms. The molecule has 0 saturated heterocycles. The molecule has 10 nitrogen and oxygen atoms in total. The number of benzene rings is 1. The zero-order chi connectivity index (χ0) is 24.7. The second-order valence-electron chi connectivity index (χ2n) is 7.58. The van der Waals surface area contributed by atoms with Gasteiger partial charge in [-0.25, -0.2) is 13.4 Å². The van der Waals surface area contributed by atoms with Crippen LogP contribution in [0.2, 0.25) is 0 Å². The van der Waals surface area contributed by atoms with Crippen LogP contribution in [0.15, 0.2) is 47.6 Å². The van der Waals surface area contributed by atoms with E-state index in [1.54, 1.807) is 50.4 Å². The standard InChI is InChI=1S/C23H30N6O4S/c1-4-28(5-2)34(32,33)18-9-10-20-19(14-18)27-21(29(20)6-3)11-12-22(30)25-16-23(31)26-17-8-7-13-24-15-17/h7-10,13-15H,4-6,11-12,16H2,1-3H3,(H,25,30)(H,26,31). The van der Waals surface area contributed by atoms with Crippen LogP contribution in [0.4, 0.5) is 5.69 Å². The summed E-state index contributed by atoms with van der Waals surface area (Å²) in [5, 5.41) is 5.26. The first kappa shape index (κ1) is 25.3. The normalized spacial score (nSPS) is 11.6. The lowest BCUT2D eigenvalue weighted by Crippen LogP contribution is -2.33. The highest BCUT2D eigenvalue weighted by molar-refractivity contribution is 7.89. The zero-order valence-corrected chi connectivity index (χ0v) is 20.4. The van der Waals surface area contributed by atoms with Gasteiger partial charge in [0.1, 0.15) is 5.82 Å². The van der Waals surface area contributed by atoms with Crippen molar-refractivity contribution in [2.75, 3.05) is 25.0 Å². The first-order valence-electron chi connectivity index (χ1n) is 11.3. The minimum Gasteiger partial charge on any atom is -0.347 e. The van der Waals surface area contributed by atoms with Gasteiger partial charge in [-0.2, -0.15) is 4.31 Å². The van der Waals surface area contributed by atoms with Crippen LogP contribution in [0.3, 0.4) is 0 Å². The minimum absolute atomic E-state index is 0.147. The summed E-state index contributed by atoms with van der Waals surface area (Å²) < 4.78 is 29.1. The maximum absolute atomic E-state index is 12.9. The molecular weight excluding hydrogens is 456 g/mol. The molecular formula is C23H30N6O4S. The number of pyridine rings is 1. The average molecular weight is 487 g/mol. The van der Waals surface area contributed by atoms with E-state index in [0.29, 0.717) is 43.1 Å². The Hall–Kier alpha value is -3.31. The van der Waals surface area contributed by atoms with Gasteiger partial charge in [0, 0.05) is 38.7 Å². The molecule has 182 valence electrons. The maximum Gasteiger partial charge on any atom is 0.243 e. The van der Waals surface area contributed by atoms with Gasteiger partial charge in [-0.3, -0.25) is 14.6 Å². The highest BCUT2D eigenvalue weighted by Crippen LogP contribution is 2.23. The molecule has 0 fully saturated rings. The number of fused-ring (bicyclic) bond motifs is 1. The zero-order valence-electron chi connectivity index (χ0n) is 19.6. The molecule has 0 radical (unpaired) electrons. The van der Waals surface area contributed by atoms with Crippen molar-refractivity contribution in [2.24, 2.45) is 0 Å². The van der Waals surface area contributed by atoms with E-state index >= 15 is 0 Å². The number of hydrogen-bond acceptors (Lipinski definition) is 6. The van der Waals surface area contributed by atoms with E-state index in [1.165, 1.54) is 10.5 Å². The van der Waals surface area contributed by atoms with E-state index in [1.807, 2.05) is 11.5 Å². The second kappa shape index (κ2) is 11.2. The molecule has 0 atom stereocenters. The van der Waals surface area contributed by atoms with Gasteiger partial charge in [-0.15, -0.1) is 0 Å². The van der Waals surface area contributed by atoms with E-state index in [4.69, 9.17) is 0 Å². The number of imidazole rings is 1. The third-order valence-corrected chi connectivity index (χ3v) is 7.47. The fourth-order valence-corrected chi connectivity index (χ4v) is 5.19. The summed E-state index contributed by atoms with van der Waals surface area (Å²) in [4.78, 5) is 33.0. The maximum atomic E-state index is 12.9. The van der Waals surface area contributed by atoms with Crippen LogP contribution < -0.4 is 10.6 Å². The van der Waals surface area contributed by atoms with Gasteiger partial charge in [0.2, 0.25) is 21.8 Å². The summed E-state index contributed by atoms with van der Waals surface area (Å²) in [6.07, 6.45) is 3.63. The Kier molecular flexibility index (Phi) is 8.35. The number of carbonyl (C=O) groups is 2. The number of anilines is 1. The highest BCUT2D eigenvalue weighted by atomic mass is 32.2. The van der Waals surface area contributed by atoms with Crippen molar-refractivity contribution in [2.45, 2.75) is 45.1 Å². The second-order valence-corrected chi connectivity index (χ2v) is 9.52. The van der Waals surface area contributed by atoms with Crippen LogP contribution in [0, 0.1) is 0 Å². The van der Waals surface area contributed by atoms with Crippen LogP contribution in [0.25, 0.3) is 11.0 Å². The molecule has 0 unspecified atom stereocenters. The molecule has 2 N–H and O–H groups in total. The summed E-state index contributed by atoms with van der Waals surface area (Å²) in [6, 6.07) is 8.36. The Morgan fingerprint density at radius 2 is 1.85 bits per heavy atom. The fraction of sp³-hybridized carbons (Fsp3) is 0.391. The van der Waals surface area contributed by atoms with Crippen molar-refractivity contribution in [1.29, 1.82) is 0 Å². The third kappa shape index (κ3) is 5.78. The van der Waals surface area contributed by atoms with Gasteiger partial charge in [-0.1, -0.05) is 13.8 Å². The third-order valence-electron chi connectivity index (χ3n) is 5.43. The Bertz CT molecular complexity index is 1250. The molecule has 2 heterocycles. The van der Waals surface area contributed by atoms with Crippen molar-refractivity contribution in [3.8, 4) is 0 Å². The topological polar surface area (TPSA) is 126 Å². The summed E-state index contributed by atoms with van der Waals surface area (Å²) in [7, 11) is -3.59. The summed E-state index contributed by atoms with van der Waals surface area (Å²) in [6.45, 7) is 6.83. The van der Waals surface area contributed by atoms with Crippen LogP contribution in [0.5, 0.6) is 0 Å². The lowest BCUT2D eigenvalue weighted by atomic mass is 10.2. The molecule has 0 spiro atoms. The number of aryl methyl sites for hydroxylation is 2. The average Bonchev–Trinajstić information content (AvgIpc) is 3.19. The molecule has 11 heteroatoms. The Labute approximate surface area is 199 Å². The largest absolute Gasteiger partial charge is 0.347 e. The van der Waals surface area contributed by atoms with Crippen LogP contribution >= 0.6 is 0 Å². The van der Waals surface area contributed by atoms with E-state index < -0.39 is 10.0 Å². The fourth-order valence-electron chi connectivity index (χ4n) is 3.71. The highest BCUT2D eigenvalue weighted by Gasteiger charge is 2.23. The minimum atomic E-state index is -3.59. The quantitative estimate of drug-likeness (QED) is 0.428. The van der Waals surface area contributed by atoms with E-state index in [2.05, 4.69) is 20.6 Å². The first-order valence-corrected chi connectivity index (χ1v) is 12.7. The molecule has 0 aliphatic heterocycles. The Morgan fingerprint density at radius 3 is 2.50 bits per heavy atom. The number of amides is 2. The predicted octanol–water partition coefficient (Wildman–Crippen LogP) is 2.17. The van der Waals surface area contributed by atoms with E-state index in [-0.39, 0.29) is 29.7 Å². The Morgan fingerprint density at radius 1 is 1.09 bits per heavy atom. The molecule has 0 aliphatic carbocycles. The SMILES string of the molecule is CCN(CC)S(=O)(=O)c1ccc2c(c1)nc(CCC(=O)NCC(=O)Nc1cccnc1)n2CC. The smallest absolute Gasteiger partial charge is 0.243 e. The van der Waals surface area contributed by atoms with Gasteiger partial charge in [0.15, 0.2) is 0 Å². The van der Waals surface area contributed by atoms with Crippen molar-refractivity contribution >= 4 is 38.6 Å². The van der Waals surface area contributed by atoms with Crippen molar-refractivity contribution in [1.82, 2.24) is 24.2 Å². The number of carbonyl (C=O) groups excluding carboxylic acids is 2. The number of rotatable bonds is 11. The van der Waals surface area contributed by atoms with Crippen molar-refractivity contribution in [3.63, 3.8) is 0 Å². The van der Waals surface area contributed by atoms with E-state index in [0.717, 1.165) is 5.52 Å².